The molecule has 0 spiro atoms. The summed E-state index contributed by atoms with van der Waals surface area (Å²) in [7, 11) is 3.92. The highest BCUT2D eigenvalue weighted by molar-refractivity contribution is 5.60. The third kappa shape index (κ3) is 8.23. The summed E-state index contributed by atoms with van der Waals surface area (Å²) >= 11 is 0. The number of halogens is 6. The number of anilines is 4. The Morgan fingerprint density at radius 3 is 2.15 bits per heavy atom. The van der Waals surface area contributed by atoms with Crippen LogP contribution in [0.15, 0.2) is 18.2 Å². The number of likely N-dealkylation sites (tertiary alicyclic amines) is 1. The summed E-state index contributed by atoms with van der Waals surface area (Å²) in [4.78, 5) is 17.6. The maximum atomic E-state index is 13.6. The van der Waals surface area contributed by atoms with E-state index in [1.54, 1.807) is 0 Å². The lowest BCUT2D eigenvalue weighted by atomic mass is 10.0. The molecular weight excluding hydrogens is 528 g/mol. The zero-order chi connectivity index (χ0) is 28.2. The minimum Gasteiger partial charge on any atom is -0.405 e. The highest BCUT2D eigenvalue weighted by atomic mass is 19.4. The van der Waals surface area contributed by atoms with Crippen LogP contribution in [0, 0.1) is 0 Å². The van der Waals surface area contributed by atoms with Gasteiger partial charge in [-0.1, -0.05) is 25.7 Å². The van der Waals surface area contributed by atoms with Crippen LogP contribution in [0.3, 0.4) is 0 Å². The summed E-state index contributed by atoms with van der Waals surface area (Å²) in [6.45, 7) is 1.82. The second-order valence-corrected chi connectivity index (χ2v) is 10.1. The molecule has 0 radical (unpaired) electrons. The molecule has 14 heteroatoms. The van der Waals surface area contributed by atoms with Crippen molar-refractivity contribution in [2.24, 2.45) is 0 Å². The summed E-state index contributed by atoms with van der Waals surface area (Å²) in [6.07, 6.45) is -2.22. The Morgan fingerprint density at radius 1 is 0.897 bits per heavy atom. The maximum absolute atomic E-state index is 13.6. The van der Waals surface area contributed by atoms with Crippen LogP contribution in [-0.4, -0.2) is 65.5 Å². The van der Waals surface area contributed by atoms with Gasteiger partial charge < -0.3 is 25.2 Å². The molecule has 1 aliphatic carbocycles. The van der Waals surface area contributed by atoms with Crippen molar-refractivity contribution in [3.05, 3.63) is 23.8 Å². The molecule has 1 aromatic carbocycles. The molecule has 2 N–H and O–H groups in total. The van der Waals surface area contributed by atoms with Gasteiger partial charge in [-0.05, 0) is 64.0 Å². The fourth-order valence-electron chi connectivity index (χ4n) is 4.97. The lowest BCUT2D eigenvalue weighted by molar-refractivity contribution is -0.276. The van der Waals surface area contributed by atoms with E-state index in [-0.39, 0.29) is 23.7 Å². The van der Waals surface area contributed by atoms with E-state index in [2.05, 4.69) is 42.3 Å². The van der Waals surface area contributed by atoms with E-state index in [9.17, 15) is 26.3 Å². The van der Waals surface area contributed by atoms with Crippen molar-refractivity contribution in [2.75, 3.05) is 42.7 Å². The molecule has 1 saturated heterocycles. The molecule has 0 atom stereocenters. The van der Waals surface area contributed by atoms with Gasteiger partial charge in [0.2, 0.25) is 17.8 Å². The summed E-state index contributed by atoms with van der Waals surface area (Å²) in [5.74, 6) is -0.711. The Balaban J connectivity index is 1.63. The van der Waals surface area contributed by atoms with Crippen molar-refractivity contribution in [3.63, 3.8) is 0 Å². The average Bonchev–Trinajstić information content (AvgIpc) is 3.12. The molecule has 39 heavy (non-hydrogen) atoms. The van der Waals surface area contributed by atoms with Crippen LogP contribution in [0.25, 0.3) is 0 Å². The van der Waals surface area contributed by atoms with E-state index in [0.29, 0.717) is 24.0 Å². The van der Waals surface area contributed by atoms with Gasteiger partial charge >= 0.3 is 12.5 Å². The Kier molecular flexibility index (Phi) is 8.92. The fourth-order valence-corrected chi connectivity index (χ4v) is 4.97. The Hall–Kier alpha value is -3.03. The van der Waals surface area contributed by atoms with Crippen LogP contribution >= 0.6 is 0 Å². The van der Waals surface area contributed by atoms with Crippen LogP contribution in [0.1, 0.15) is 56.9 Å². The number of hydrogen-bond donors (Lipinski definition) is 2. The number of ether oxygens (including phenoxy) is 1. The third-order valence-electron chi connectivity index (χ3n) is 7.13. The predicted octanol–water partition coefficient (Wildman–Crippen LogP) is 6.20. The SMILES string of the molecule is CN1CCC(N(C)c2nc(Nc3ccc(OC(F)(F)F)c(C(F)(F)F)c3)nc(NC3CCCCCC3)n2)CC1. The first kappa shape index (κ1) is 29.0. The number of hydrogen-bond acceptors (Lipinski definition) is 8. The van der Waals surface area contributed by atoms with Gasteiger partial charge in [-0.2, -0.15) is 28.1 Å². The minimum atomic E-state index is -5.27. The first-order chi connectivity index (χ1) is 18.4. The van der Waals surface area contributed by atoms with E-state index in [0.717, 1.165) is 70.5 Å². The van der Waals surface area contributed by atoms with E-state index >= 15 is 0 Å². The molecule has 2 aliphatic rings. The Bertz CT molecular complexity index is 1100. The van der Waals surface area contributed by atoms with Gasteiger partial charge in [0.15, 0.2) is 0 Å². The molecule has 1 saturated carbocycles. The van der Waals surface area contributed by atoms with Gasteiger partial charge in [0.25, 0.3) is 0 Å². The van der Waals surface area contributed by atoms with Gasteiger partial charge in [-0.3, -0.25) is 0 Å². The summed E-state index contributed by atoms with van der Waals surface area (Å²) in [6, 6.07) is 2.54. The smallest absolute Gasteiger partial charge is 0.405 e. The van der Waals surface area contributed by atoms with Crippen molar-refractivity contribution < 1.29 is 31.1 Å². The first-order valence-corrected chi connectivity index (χ1v) is 13.1. The number of piperidine rings is 1. The summed E-state index contributed by atoms with van der Waals surface area (Å²) in [5, 5.41) is 6.09. The monoisotopic (exact) mass is 561 g/mol. The summed E-state index contributed by atoms with van der Waals surface area (Å²) in [5.41, 5.74) is -1.71. The molecule has 0 bridgehead atoms. The Labute approximate surface area is 223 Å². The van der Waals surface area contributed by atoms with Crippen molar-refractivity contribution >= 4 is 23.5 Å². The number of nitrogens with zero attached hydrogens (tertiary/aromatic N) is 5. The van der Waals surface area contributed by atoms with Gasteiger partial charge in [-0.15, -0.1) is 13.2 Å². The first-order valence-electron chi connectivity index (χ1n) is 13.1. The van der Waals surface area contributed by atoms with Crippen molar-refractivity contribution in [1.29, 1.82) is 0 Å². The normalized spacial score (nSPS) is 18.5. The molecule has 0 amide bonds. The molecule has 1 aliphatic heterocycles. The minimum absolute atomic E-state index is 0.0199. The van der Waals surface area contributed by atoms with Crippen LogP contribution in [0.5, 0.6) is 5.75 Å². The second kappa shape index (κ2) is 12.0. The molecular formula is C25H33F6N7O. The van der Waals surface area contributed by atoms with E-state index in [4.69, 9.17) is 0 Å². The van der Waals surface area contributed by atoms with E-state index < -0.39 is 23.9 Å². The van der Waals surface area contributed by atoms with Crippen LogP contribution < -0.4 is 20.3 Å². The van der Waals surface area contributed by atoms with Crippen molar-refractivity contribution in [1.82, 2.24) is 19.9 Å². The molecule has 216 valence electrons. The zero-order valence-electron chi connectivity index (χ0n) is 21.9. The predicted molar refractivity (Wildman–Crippen MR) is 135 cm³/mol. The zero-order valence-corrected chi connectivity index (χ0v) is 21.9. The molecule has 2 aromatic rings. The standard InChI is InChI=1S/C25H33F6N7O/c1-37-13-11-18(12-14-37)38(2)23-35-21(32-16-7-5-3-4-6-8-16)34-22(36-23)33-17-9-10-20(39-25(29,30)31)19(15-17)24(26,27)28/h9-10,15-16,18H,3-8,11-14H2,1-2H3,(H2,32,33,34,35,36). The largest absolute Gasteiger partial charge is 0.573 e. The number of alkyl halides is 6. The van der Waals surface area contributed by atoms with Crippen molar-refractivity contribution in [2.45, 2.75) is 76.0 Å². The lowest BCUT2D eigenvalue weighted by Crippen LogP contribution is -2.42. The Morgan fingerprint density at radius 2 is 1.54 bits per heavy atom. The highest BCUT2D eigenvalue weighted by Crippen LogP contribution is 2.40. The molecule has 4 rings (SSSR count). The molecule has 8 nitrogen and oxygen atoms in total. The summed E-state index contributed by atoms with van der Waals surface area (Å²) < 4.78 is 82.3. The van der Waals surface area contributed by atoms with Crippen LogP contribution in [0.2, 0.25) is 0 Å². The number of benzene rings is 1. The average molecular weight is 562 g/mol. The number of nitrogens with one attached hydrogen (secondary N) is 2. The van der Waals surface area contributed by atoms with Crippen LogP contribution in [0.4, 0.5) is 49.9 Å². The topological polar surface area (TPSA) is 78.4 Å². The maximum Gasteiger partial charge on any atom is 0.573 e. The second-order valence-electron chi connectivity index (χ2n) is 10.1. The van der Waals surface area contributed by atoms with Gasteiger partial charge in [0.05, 0.1) is 5.56 Å². The number of rotatable bonds is 7. The van der Waals surface area contributed by atoms with Crippen LogP contribution in [-0.2, 0) is 6.18 Å². The number of aromatic nitrogens is 3. The van der Waals surface area contributed by atoms with Gasteiger partial charge in [-0.25, -0.2) is 0 Å². The van der Waals surface area contributed by atoms with Crippen molar-refractivity contribution in [3.8, 4) is 5.75 Å². The molecule has 2 fully saturated rings. The highest BCUT2D eigenvalue weighted by Gasteiger charge is 2.39. The lowest BCUT2D eigenvalue weighted by Gasteiger charge is -2.35. The molecule has 0 unspecified atom stereocenters. The van der Waals surface area contributed by atoms with E-state index in [1.807, 2.05) is 11.9 Å². The fraction of sp³-hybridized carbons (Fsp3) is 0.640. The van der Waals surface area contributed by atoms with E-state index in [1.165, 1.54) is 0 Å². The third-order valence-corrected chi connectivity index (χ3v) is 7.13. The molecule has 2 heterocycles. The van der Waals surface area contributed by atoms with Gasteiger partial charge in [0.1, 0.15) is 5.75 Å². The quantitative estimate of drug-likeness (QED) is 0.306. The molecule has 1 aromatic heterocycles. The van der Waals surface area contributed by atoms with Gasteiger partial charge in [0, 0.05) is 24.8 Å².